The first kappa shape index (κ1) is 18.0. The second kappa shape index (κ2) is 6.51. The SMILES string of the molecule is Cc1ccc(N)c(N[C@@H]2CCN(C(=O)OC3C4CC5CC3CC(O)(C5)C4)C2)n1. The number of rotatable bonds is 3. The van der Waals surface area contributed by atoms with Gasteiger partial charge in [0.1, 0.15) is 11.9 Å². The second-order valence-corrected chi connectivity index (χ2v) is 9.51. The number of aliphatic hydroxyl groups is 1. The van der Waals surface area contributed by atoms with Crippen molar-refractivity contribution in [2.75, 3.05) is 24.1 Å². The van der Waals surface area contributed by atoms with Gasteiger partial charge in [-0.25, -0.2) is 9.78 Å². The Kier molecular flexibility index (Phi) is 4.19. The number of amides is 1. The van der Waals surface area contributed by atoms with Gasteiger partial charge >= 0.3 is 6.09 Å². The normalized spacial score (nSPS) is 38.6. The van der Waals surface area contributed by atoms with Gasteiger partial charge in [-0.15, -0.1) is 0 Å². The molecule has 6 rings (SSSR count). The zero-order valence-electron chi connectivity index (χ0n) is 16.4. The number of nitrogens with two attached hydrogens (primary N) is 1. The molecule has 4 aliphatic carbocycles. The van der Waals surface area contributed by atoms with E-state index in [4.69, 9.17) is 10.5 Å². The number of carbonyl (C=O) groups excluding carboxylic acids is 1. The van der Waals surface area contributed by atoms with Crippen molar-refractivity contribution < 1.29 is 14.6 Å². The maximum Gasteiger partial charge on any atom is 0.410 e. The van der Waals surface area contributed by atoms with Crippen LogP contribution in [0.15, 0.2) is 12.1 Å². The molecule has 1 amide bonds. The Balaban J connectivity index is 1.19. The molecular weight excluding hydrogens is 356 g/mol. The Labute approximate surface area is 165 Å². The predicted octanol–water partition coefficient (Wildman–Crippen LogP) is 2.53. The van der Waals surface area contributed by atoms with Crippen LogP contribution < -0.4 is 11.1 Å². The Morgan fingerprint density at radius 1 is 1.32 bits per heavy atom. The highest BCUT2D eigenvalue weighted by atomic mass is 16.6. The Bertz CT molecular complexity index is 769. The predicted molar refractivity (Wildman–Crippen MR) is 106 cm³/mol. The van der Waals surface area contributed by atoms with Crippen molar-refractivity contribution in [3.8, 4) is 0 Å². The molecule has 1 aromatic heterocycles. The van der Waals surface area contributed by atoms with Crippen LogP contribution in [-0.4, -0.2) is 51.9 Å². The summed E-state index contributed by atoms with van der Waals surface area (Å²) in [6, 6.07) is 3.87. The molecule has 4 bridgehead atoms. The van der Waals surface area contributed by atoms with Crippen LogP contribution in [0.4, 0.5) is 16.3 Å². The molecule has 2 heterocycles. The number of nitrogen functional groups attached to an aromatic ring is 1. The minimum Gasteiger partial charge on any atom is -0.446 e. The summed E-state index contributed by atoms with van der Waals surface area (Å²) < 4.78 is 6.01. The fraction of sp³-hybridized carbons (Fsp3) is 0.714. The third kappa shape index (κ3) is 3.19. The van der Waals surface area contributed by atoms with Crippen molar-refractivity contribution in [3.05, 3.63) is 17.8 Å². The molecule has 0 radical (unpaired) electrons. The molecule has 1 aliphatic heterocycles. The monoisotopic (exact) mass is 386 g/mol. The number of hydrogen-bond donors (Lipinski definition) is 3. The summed E-state index contributed by atoms with van der Waals surface area (Å²) >= 11 is 0. The molecular formula is C21H30N4O3. The molecule has 2 unspecified atom stereocenters. The quantitative estimate of drug-likeness (QED) is 0.738. The number of nitrogens with one attached hydrogen (secondary N) is 1. The maximum absolute atomic E-state index is 12.8. The van der Waals surface area contributed by atoms with Crippen molar-refractivity contribution in [1.29, 1.82) is 0 Å². The number of likely N-dealkylation sites (tertiary alicyclic amines) is 1. The van der Waals surface area contributed by atoms with Crippen LogP contribution in [0, 0.1) is 24.7 Å². The molecule has 7 heteroatoms. The lowest BCUT2D eigenvalue weighted by Crippen LogP contribution is -2.58. The van der Waals surface area contributed by atoms with E-state index in [1.165, 1.54) is 0 Å². The molecule has 28 heavy (non-hydrogen) atoms. The van der Waals surface area contributed by atoms with Gasteiger partial charge in [0.25, 0.3) is 0 Å². The van der Waals surface area contributed by atoms with Crippen LogP contribution in [-0.2, 0) is 4.74 Å². The molecule has 4 saturated carbocycles. The first-order valence-electron chi connectivity index (χ1n) is 10.6. The lowest BCUT2D eigenvalue weighted by atomic mass is 9.53. The Hall–Kier alpha value is -2.02. The molecule has 4 N–H and O–H groups in total. The van der Waals surface area contributed by atoms with E-state index in [9.17, 15) is 9.90 Å². The van der Waals surface area contributed by atoms with Crippen LogP contribution in [0.5, 0.6) is 0 Å². The van der Waals surface area contributed by atoms with E-state index in [-0.39, 0.29) is 18.2 Å². The number of aryl methyl sites for hydroxylation is 1. The van der Waals surface area contributed by atoms with E-state index in [2.05, 4.69) is 10.3 Å². The third-order valence-electron chi connectivity index (χ3n) is 7.24. The number of nitrogens with zero attached hydrogens (tertiary/aromatic N) is 2. The Morgan fingerprint density at radius 2 is 2.07 bits per heavy atom. The van der Waals surface area contributed by atoms with E-state index < -0.39 is 5.60 Å². The molecule has 1 saturated heterocycles. The van der Waals surface area contributed by atoms with Crippen LogP contribution in [0.2, 0.25) is 0 Å². The summed E-state index contributed by atoms with van der Waals surface area (Å²) in [4.78, 5) is 19.1. The summed E-state index contributed by atoms with van der Waals surface area (Å²) in [5, 5.41) is 14.1. The number of carbonyl (C=O) groups is 1. The fourth-order valence-corrected chi connectivity index (χ4v) is 6.24. The van der Waals surface area contributed by atoms with Gasteiger partial charge in [-0.05, 0) is 75.3 Å². The van der Waals surface area contributed by atoms with E-state index >= 15 is 0 Å². The highest BCUT2D eigenvalue weighted by Gasteiger charge is 2.56. The van der Waals surface area contributed by atoms with Crippen molar-refractivity contribution >= 4 is 17.6 Å². The number of aromatic nitrogens is 1. The van der Waals surface area contributed by atoms with Crippen molar-refractivity contribution in [1.82, 2.24) is 9.88 Å². The van der Waals surface area contributed by atoms with Gasteiger partial charge in [0.2, 0.25) is 0 Å². The lowest BCUT2D eigenvalue weighted by molar-refractivity contribution is -0.177. The highest BCUT2D eigenvalue weighted by molar-refractivity contribution is 5.69. The van der Waals surface area contributed by atoms with Gasteiger partial charge < -0.3 is 25.8 Å². The minimum absolute atomic E-state index is 0.0228. The molecule has 0 spiro atoms. The standard InChI is InChI=1S/C21H30N4O3/c1-12-2-3-17(22)19(23-12)24-16-4-5-25(11-16)20(26)28-18-14-6-13-7-15(18)10-21(27,8-13)9-14/h2-3,13-16,18,27H,4-11,22H2,1H3,(H,23,24)/t13?,14?,15?,16-,18?,21?/m1/s1. The number of anilines is 2. The highest BCUT2D eigenvalue weighted by Crippen LogP contribution is 2.56. The van der Waals surface area contributed by atoms with Gasteiger partial charge in [-0.2, -0.15) is 0 Å². The summed E-state index contributed by atoms with van der Waals surface area (Å²) in [7, 11) is 0. The van der Waals surface area contributed by atoms with E-state index in [1.54, 1.807) is 4.90 Å². The average Bonchev–Trinajstić information content (AvgIpc) is 3.08. The van der Waals surface area contributed by atoms with Crippen LogP contribution >= 0.6 is 0 Å². The zero-order valence-corrected chi connectivity index (χ0v) is 16.4. The third-order valence-corrected chi connectivity index (χ3v) is 7.24. The molecule has 3 atom stereocenters. The smallest absolute Gasteiger partial charge is 0.410 e. The van der Waals surface area contributed by atoms with Crippen LogP contribution in [0.3, 0.4) is 0 Å². The number of hydrogen-bond acceptors (Lipinski definition) is 6. The number of ether oxygens (including phenoxy) is 1. The average molecular weight is 386 g/mol. The van der Waals surface area contributed by atoms with E-state index in [1.807, 2.05) is 19.1 Å². The first-order valence-corrected chi connectivity index (χ1v) is 10.6. The van der Waals surface area contributed by atoms with Gasteiger partial charge in [-0.3, -0.25) is 0 Å². The largest absolute Gasteiger partial charge is 0.446 e. The molecule has 1 aromatic rings. The van der Waals surface area contributed by atoms with Crippen molar-refractivity contribution in [2.45, 2.75) is 63.2 Å². The Morgan fingerprint density at radius 3 is 2.79 bits per heavy atom. The van der Waals surface area contributed by atoms with Crippen molar-refractivity contribution in [3.63, 3.8) is 0 Å². The minimum atomic E-state index is -0.497. The van der Waals surface area contributed by atoms with Crippen LogP contribution in [0.1, 0.15) is 44.2 Å². The topological polar surface area (TPSA) is 101 Å². The van der Waals surface area contributed by atoms with E-state index in [0.717, 1.165) is 44.2 Å². The molecule has 5 fully saturated rings. The van der Waals surface area contributed by atoms with Crippen LogP contribution in [0.25, 0.3) is 0 Å². The molecule has 152 valence electrons. The first-order chi connectivity index (χ1) is 13.4. The van der Waals surface area contributed by atoms with Gasteiger partial charge in [-0.1, -0.05) is 0 Å². The molecule has 0 aromatic carbocycles. The zero-order chi connectivity index (χ0) is 19.5. The second-order valence-electron chi connectivity index (χ2n) is 9.51. The van der Waals surface area contributed by atoms with Gasteiger partial charge in [0.15, 0.2) is 0 Å². The fourth-order valence-electron chi connectivity index (χ4n) is 6.24. The van der Waals surface area contributed by atoms with Gasteiger partial charge in [0, 0.05) is 24.8 Å². The van der Waals surface area contributed by atoms with Crippen molar-refractivity contribution in [2.24, 2.45) is 17.8 Å². The summed E-state index contributed by atoms with van der Waals surface area (Å²) in [5.41, 5.74) is 7.05. The van der Waals surface area contributed by atoms with Gasteiger partial charge in [0.05, 0.1) is 11.3 Å². The molecule has 5 aliphatic rings. The maximum atomic E-state index is 12.8. The molecule has 7 nitrogen and oxygen atoms in total. The summed E-state index contributed by atoms with van der Waals surface area (Å²) in [5.74, 6) is 1.96. The number of pyridine rings is 1. The summed E-state index contributed by atoms with van der Waals surface area (Å²) in [6.45, 7) is 3.21. The van der Waals surface area contributed by atoms with E-state index in [0.29, 0.717) is 42.3 Å². The summed E-state index contributed by atoms with van der Waals surface area (Å²) in [6.07, 6.45) is 5.34. The lowest BCUT2D eigenvalue weighted by Gasteiger charge is -2.57.